The Morgan fingerprint density at radius 1 is 1.11 bits per heavy atom. The molecular formula is C26H27ClN4O4. The molecule has 2 aromatic rings. The fourth-order valence-corrected chi connectivity index (χ4v) is 5.21. The molecule has 3 atom stereocenters. The van der Waals surface area contributed by atoms with E-state index in [2.05, 4.69) is 15.6 Å². The lowest BCUT2D eigenvalue weighted by Crippen LogP contribution is -2.59. The first kappa shape index (κ1) is 23.2. The van der Waals surface area contributed by atoms with Gasteiger partial charge in [-0.05, 0) is 55.7 Å². The number of halogens is 1. The van der Waals surface area contributed by atoms with Crippen molar-refractivity contribution in [3.63, 3.8) is 0 Å². The fraction of sp³-hybridized carbons (Fsp3) is 0.346. The average Bonchev–Trinajstić information content (AvgIpc) is 3.34. The van der Waals surface area contributed by atoms with Gasteiger partial charge >= 0.3 is 0 Å². The van der Waals surface area contributed by atoms with Gasteiger partial charge in [-0.2, -0.15) is 0 Å². The third kappa shape index (κ3) is 4.58. The summed E-state index contributed by atoms with van der Waals surface area (Å²) in [4.78, 5) is 40.8. The van der Waals surface area contributed by atoms with Crippen LogP contribution in [0, 0.1) is 11.8 Å². The van der Waals surface area contributed by atoms with E-state index in [9.17, 15) is 14.4 Å². The SMILES string of the molecule is COc1ccc(Cl)cc1N1CC[C@H](NC(=O)c2cccc(N3NC(=O)[C@H]4CC=CC[C@@H]4C3=O)c2)C1. The van der Waals surface area contributed by atoms with Gasteiger partial charge in [-0.3, -0.25) is 19.8 Å². The minimum atomic E-state index is -0.376. The zero-order chi connectivity index (χ0) is 24.5. The molecular weight excluding hydrogens is 468 g/mol. The van der Waals surface area contributed by atoms with Gasteiger partial charge in [0.2, 0.25) is 11.8 Å². The van der Waals surface area contributed by atoms with Crippen LogP contribution in [0.15, 0.2) is 54.6 Å². The van der Waals surface area contributed by atoms with Crippen LogP contribution in [0.4, 0.5) is 11.4 Å². The molecule has 2 aliphatic heterocycles. The monoisotopic (exact) mass is 494 g/mol. The van der Waals surface area contributed by atoms with Crippen LogP contribution in [-0.4, -0.2) is 44.0 Å². The summed E-state index contributed by atoms with van der Waals surface area (Å²) in [5, 5.41) is 4.99. The topological polar surface area (TPSA) is 91.0 Å². The van der Waals surface area contributed by atoms with Gasteiger partial charge in [0.05, 0.1) is 30.3 Å². The molecule has 1 aliphatic carbocycles. The van der Waals surface area contributed by atoms with Crippen LogP contribution in [0.3, 0.4) is 0 Å². The number of methoxy groups -OCH3 is 1. The Balaban J connectivity index is 1.27. The third-order valence-electron chi connectivity index (χ3n) is 6.90. The highest BCUT2D eigenvalue weighted by atomic mass is 35.5. The maximum atomic E-state index is 13.1. The Kier molecular flexibility index (Phi) is 6.38. The van der Waals surface area contributed by atoms with Crippen molar-refractivity contribution < 1.29 is 19.1 Å². The molecule has 2 N–H and O–H groups in total. The second kappa shape index (κ2) is 9.62. The number of hydrogen-bond donors (Lipinski definition) is 2. The summed E-state index contributed by atoms with van der Waals surface area (Å²) >= 11 is 6.18. The highest BCUT2D eigenvalue weighted by Gasteiger charge is 2.42. The number of hydrazine groups is 1. The van der Waals surface area contributed by atoms with E-state index in [4.69, 9.17) is 16.3 Å². The number of hydrogen-bond acceptors (Lipinski definition) is 5. The molecule has 0 unspecified atom stereocenters. The summed E-state index contributed by atoms with van der Waals surface area (Å²) in [6.45, 7) is 1.38. The molecule has 0 aromatic heterocycles. The molecule has 5 rings (SSSR count). The van der Waals surface area contributed by atoms with Gasteiger partial charge in [-0.1, -0.05) is 29.8 Å². The molecule has 2 heterocycles. The van der Waals surface area contributed by atoms with Gasteiger partial charge in [-0.15, -0.1) is 0 Å². The Morgan fingerprint density at radius 3 is 2.71 bits per heavy atom. The van der Waals surface area contributed by atoms with Gasteiger partial charge in [0, 0.05) is 29.7 Å². The third-order valence-corrected chi connectivity index (χ3v) is 7.14. The van der Waals surface area contributed by atoms with E-state index in [0.717, 1.165) is 24.4 Å². The van der Waals surface area contributed by atoms with Crippen molar-refractivity contribution in [1.82, 2.24) is 10.7 Å². The zero-order valence-corrected chi connectivity index (χ0v) is 20.1. The van der Waals surface area contributed by atoms with Crippen molar-refractivity contribution in [2.24, 2.45) is 11.8 Å². The molecule has 182 valence electrons. The van der Waals surface area contributed by atoms with E-state index in [1.807, 2.05) is 24.3 Å². The highest BCUT2D eigenvalue weighted by molar-refractivity contribution is 6.31. The molecule has 2 fully saturated rings. The number of nitrogens with zero attached hydrogens (tertiary/aromatic N) is 2. The van der Waals surface area contributed by atoms with Gasteiger partial charge in [0.1, 0.15) is 5.75 Å². The number of carbonyl (C=O) groups excluding carboxylic acids is 3. The first-order valence-electron chi connectivity index (χ1n) is 11.7. The van der Waals surface area contributed by atoms with Crippen molar-refractivity contribution in [2.75, 3.05) is 30.1 Å². The van der Waals surface area contributed by atoms with Gasteiger partial charge in [0.15, 0.2) is 0 Å². The number of ether oxygens (including phenoxy) is 1. The molecule has 0 spiro atoms. The number of anilines is 2. The summed E-state index contributed by atoms with van der Waals surface area (Å²) in [6.07, 6.45) is 5.78. The number of amides is 3. The first-order chi connectivity index (χ1) is 16.9. The first-order valence-corrected chi connectivity index (χ1v) is 12.1. The number of benzene rings is 2. The average molecular weight is 495 g/mol. The summed E-state index contributed by atoms with van der Waals surface area (Å²) in [5.74, 6) is -0.531. The zero-order valence-electron chi connectivity index (χ0n) is 19.4. The van der Waals surface area contributed by atoms with Crippen LogP contribution in [0.25, 0.3) is 0 Å². The van der Waals surface area contributed by atoms with Crippen LogP contribution in [-0.2, 0) is 9.59 Å². The van der Waals surface area contributed by atoms with Crippen molar-refractivity contribution in [2.45, 2.75) is 25.3 Å². The largest absolute Gasteiger partial charge is 0.495 e. The summed E-state index contributed by atoms with van der Waals surface area (Å²) in [5.41, 5.74) is 4.51. The van der Waals surface area contributed by atoms with Gasteiger partial charge in [-0.25, -0.2) is 5.01 Å². The number of fused-ring (bicyclic) bond motifs is 1. The van der Waals surface area contributed by atoms with Gasteiger partial charge in [0.25, 0.3) is 5.91 Å². The molecule has 8 nitrogen and oxygen atoms in total. The molecule has 0 radical (unpaired) electrons. The Morgan fingerprint density at radius 2 is 1.91 bits per heavy atom. The lowest BCUT2D eigenvalue weighted by Gasteiger charge is -2.38. The van der Waals surface area contributed by atoms with E-state index in [1.54, 1.807) is 37.4 Å². The van der Waals surface area contributed by atoms with E-state index in [0.29, 0.717) is 35.7 Å². The minimum Gasteiger partial charge on any atom is -0.495 e. The Hall–Kier alpha value is -3.52. The second-order valence-corrected chi connectivity index (χ2v) is 9.51. The standard InChI is InChI=1S/C26H27ClN4O4/c1-35-23-10-9-17(27)14-22(23)30-12-11-18(15-30)28-24(32)16-5-4-6-19(13-16)31-26(34)21-8-3-2-7-20(21)25(33)29-31/h2-6,9-10,13-14,18,20-21H,7-8,11-12,15H2,1H3,(H,28,32)(H,29,33)/t18-,20-,21-/m0/s1. The normalized spacial score (nSPS) is 23.7. The van der Waals surface area contributed by atoms with E-state index >= 15 is 0 Å². The maximum Gasteiger partial charge on any atom is 0.251 e. The molecule has 9 heteroatoms. The number of carbonyl (C=O) groups is 3. The predicted octanol–water partition coefficient (Wildman–Crippen LogP) is 3.32. The smallest absolute Gasteiger partial charge is 0.251 e. The van der Waals surface area contributed by atoms with Crippen molar-refractivity contribution in [3.05, 3.63) is 65.2 Å². The molecule has 3 aliphatic rings. The van der Waals surface area contributed by atoms with E-state index in [-0.39, 0.29) is 35.6 Å². The lowest BCUT2D eigenvalue weighted by atomic mass is 9.80. The van der Waals surface area contributed by atoms with Crippen molar-refractivity contribution in [3.8, 4) is 5.75 Å². The van der Waals surface area contributed by atoms with E-state index < -0.39 is 0 Å². The van der Waals surface area contributed by atoms with Crippen LogP contribution in [0.1, 0.15) is 29.6 Å². The molecule has 2 aromatic carbocycles. The quantitative estimate of drug-likeness (QED) is 0.622. The predicted molar refractivity (Wildman–Crippen MR) is 134 cm³/mol. The highest BCUT2D eigenvalue weighted by Crippen LogP contribution is 2.34. The minimum absolute atomic E-state index is 0.0547. The molecule has 2 saturated heterocycles. The summed E-state index contributed by atoms with van der Waals surface area (Å²) in [6, 6.07) is 12.2. The Bertz CT molecular complexity index is 1200. The fourth-order valence-electron chi connectivity index (χ4n) is 5.04. The molecule has 35 heavy (non-hydrogen) atoms. The van der Waals surface area contributed by atoms with Crippen LogP contribution < -0.4 is 25.4 Å². The van der Waals surface area contributed by atoms with Crippen molar-refractivity contribution >= 4 is 40.7 Å². The lowest BCUT2D eigenvalue weighted by molar-refractivity contribution is -0.139. The van der Waals surface area contributed by atoms with Crippen LogP contribution >= 0.6 is 11.6 Å². The summed E-state index contributed by atoms with van der Waals surface area (Å²) < 4.78 is 5.47. The summed E-state index contributed by atoms with van der Waals surface area (Å²) in [7, 11) is 1.62. The number of nitrogens with one attached hydrogen (secondary N) is 2. The maximum absolute atomic E-state index is 13.1. The molecule has 0 saturated carbocycles. The van der Waals surface area contributed by atoms with Gasteiger partial charge < -0.3 is 15.0 Å². The molecule has 0 bridgehead atoms. The number of allylic oxidation sites excluding steroid dienone is 2. The van der Waals surface area contributed by atoms with Crippen LogP contribution in [0.2, 0.25) is 5.02 Å². The number of rotatable bonds is 5. The second-order valence-electron chi connectivity index (χ2n) is 9.08. The van der Waals surface area contributed by atoms with Crippen LogP contribution in [0.5, 0.6) is 5.75 Å². The molecule has 3 amide bonds. The Labute approximate surface area is 208 Å². The van der Waals surface area contributed by atoms with E-state index in [1.165, 1.54) is 5.01 Å². The van der Waals surface area contributed by atoms with Crippen molar-refractivity contribution in [1.29, 1.82) is 0 Å².